The largest absolute Gasteiger partial charge is 0.369 e. The summed E-state index contributed by atoms with van der Waals surface area (Å²) < 4.78 is 1.20. The quantitative estimate of drug-likeness (QED) is 0.841. The van der Waals surface area contributed by atoms with Gasteiger partial charge in [-0.2, -0.15) is 0 Å². The summed E-state index contributed by atoms with van der Waals surface area (Å²) >= 11 is 2.36. The molecule has 0 aromatic carbocycles. The first-order chi connectivity index (χ1) is 7.76. The van der Waals surface area contributed by atoms with E-state index in [1.807, 2.05) is 0 Å². The van der Waals surface area contributed by atoms with Gasteiger partial charge in [-0.25, -0.2) is 9.97 Å². The number of hydrogen-bond donors (Lipinski definition) is 1. The molecule has 3 nitrogen and oxygen atoms in total. The second-order valence-electron chi connectivity index (χ2n) is 4.25. The second-order valence-corrected chi connectivity index (χ2v) is 5.32. The van der Waals surface area contributed by atoms with Crippen molar-refractivity contribution in [1.82, 2.24) is 9.97 Å². The summed E-state index contributed by atoms with van der Waals surface area (Å²) in [4.78, 5) is 9.35. The Bertz CT molecular complexity index is 348. The van der Waals surface area contributed by atoms with Gasteiger partial charge in [0, 0.05) is 12.5 Å². The molecule has 0 aliphatic heterocycles. The maximum Gasteiger partial charge on any atom is 0.143 e. The molecule has 1 aliphatic carbocycles. The van der Waals surface area contributed by atoms with Crippen molar-refractivity contribution in [3.8, 4) is 0 Å². The standard InChI is InChI=1S/C12H18IN3/c1-3-5-9-10(13)12(14-4-2)16-11(15-9)8-6-7-8/h8H,3-7H2,1-2H3,(H,14,15,16). The highest BCUT2D eigenvalue weighted by molar-refractivity contribution is 14.1. The molecule has 0 amide bonds. The zero-order valence-electron chi connectivity index (χ0n) is 9.89. The van der Waals surface area contributed by atoms with Crippen LogP contribution in [0, 0.1) is 3.57 Å². The lowest BCUT2D eigenvalue weighted by Gasteiger charge is -2.11. The molecule has 0 unspecified atom stereocenters. The van der Waals surface area contributed by atoms with Crippen molar-refractivity contribution in [3.05, 3.63) is 15.1 Å². The molecule has 2 rings (SSSR count). The van der Waals surface area contributed by atoms with Gasteiger partial charge in [0.2, 0.25) is 0 Å². The Labute approximate surface area is 111 Å². The van der Waals surface area contributed by atoms with Gasteiger partial charge < -0.3 is 5.32 Å². The number of nitrogens with zero attached hydrogens (tertiary/aromatic N) is 2. The van der Waals surface area contributed by atoms with Crippen molar-refractivity contribution >= 4 is 28.4 Å². The number of halogens is 1. The number of anilines is 1. The van der Waals surface area contributed by atoms with Crippen molar-refractivity contribution in [2.45, 2.75) is 45.4 Å². The minimum Gasteiger partial charge on any atom is -0.369 e. The minimum atomic E-state index is 0.630. The van der Waals surface area contributed by atoms with Crippen molar-refractivity contribution in [1.29, 1.82) is 0 Å². The van der Waals surface area contributed by atoms with Crippen LogP contribution in [-0.4, -0.2) is 16.5 Å². The summed E-state index contributed by atoms with van der Waals surface area (Å²) in [6, 6.07) is 0. The van der Waals surface area contributed by atoms with Crippen LogP contribution in [0.5, 0.6) is 0 Å². The van der Waals surface area contributed by atoms with Gasteiger partial charge in [0.05, 0.1) is 9.26 Å². The summed E-state index contributed by atoms with van der Waals surface area (Å²) in [6.45, 7) is 5.22. The number of aryl methyl sites for hydroxylation is 1. The van der Waals surface area contributed by atoms with Crippen molar-refractivity contribution in [3.63, 3.8) is 0 Å². The van der Waals surface area contributed by atoms with Gasteiger partial charge in [0.1, 0.15) is 11.6 Å². The molecular formula is C12H18IN3. The second kappa shape index (κ2) is 5.29. The van der Waals surface area contributed by atoms with E-state index < -0.39 is 0 Å². The Morgan fingerprint density at radius 3 is 2.62 bits per heavy atom. The molecule has 1 saturated carbocycles. The Hall–Kier alpha value is -0.390. The maximum atomic E-state index is 4.71. The molecule has 1 N–H and O–H groups in total. The molecule has 1 aliphatic rings. The highest BCUT2D eigenvalue weighted by atomic mass is 127. The highest BCUT2D eigenvalue weighted by Gasteiger charge is 2.28. The molecule has 1 fully saturated rings. The van der Waals surface area contributed by atoms with Crippen LogP contribution in [0.1, 0.15) is 50.5 Å². The lowest BCUT2D eigenvalue weighted by atomic mass is 10.2. The van der Waals surface area contributed by atoms with Crippen LogP contribution in [-0.2, 0) is 6.42 Å². The molecule has 0 radical (unpaired) electrons. The average molecular weight is 331 g/mol. The summed E-state index contributed by atoms with van der Waals surface area (Å²) in [6.07, 6.45) is 4.72. The molecule has 1 aromatic heterocycles. The van der Waals surface area contributed by atoms with Gasteiger partial charge in [0.15, 0.2) is 0 Å². The van der Waals surface area contributed by atoms with Crippen LogP contribution < -0.4 is 5.32 Å². The summed E-state index contributed by atoms with van der Waals surface area (Å²) in [7, 11) is 0. The van der Waals surface area contributed by atoms with Crippen molar-refractivity contribution in [2.75, 3.05) is 11.9 Å². The van der Waals surface area contributed by atoms with E-state index in [4.69, 9.17) is 4.98 Å². The Morgan fingerprint density at radius 1 is 1.31 bits per heavy atom. The normalized spacial score (nSPS) is 15.2. The smallest absolute Gasteiger partial charge is 0.143 e. The van der Waals surface area contributed by atoms with Crippen molar-refractivity contribution < 1.29 is 0 Å². The zero-order valence-corrected chi connectivity index (χ0v) is 12.0. The van der Waals surface area contributed by atoms with Crippen molar-refractivity contribution in [2.24, 2.45) is 0 Å². The molecule has 0 spiro atoms. The lowest BCUT2D eigenvalue weighted by molar-refractivity contribution is 0.821. The predicted molar refractivity (Wildman–Crippen MR) is 74.9 cm³/mol. The summed E-state index contributed by atoms with van der Waals surface area (Å²) in [5.74, 6) is 2.72. The molecule has 0 bridgehead atoms. The summed E-state index contributed by atoms with van der Waals surface area (Å²) in [5, 5.41) is 3.34. The van der Waals surface area contributed by atoms with Gasteiger partial charge >= 0.3 is 0 Å². The van der Waals surface area contributed by atoms with E-state index in [-0.39, 0.29) is 0 Å². The Kier molecular flexibility index (Phi) is 4.00. The molecule has 4 heteroatoms. The van der Waals surface area contributed by atoms with Gasteiger partial charge in [0.25, 0.3) is 0 Å². The predicted octanol–water partition coefficient (Wildman–Crippen LogP) is 3.34. The van der Waals surface area contributed by atoms with E-state index in [9.17, 15) is 0 Å². The van der Waals surface area contributed by atoms with Crippen LogP contribution >= 0.6 is 22.6 Å². The number of rotatable bonds is 5. The third-order valence-corrected chi connectivity index (χ3v) is 3.84. The third-order valence-electron chi connectivity index (χ3n) is 2.71. The highest BCUT2D eigenvalue weighted by Crippen LogP contribution is 2.39. The molecule has 0 atom stereocenters. The lowest BCUT2D eigenvalue weighted by Crippen LogP contribution is -2.09. The summed E-state index contributed by atoms with van der Waals surface area (Å²) in [5.41, 5.74) is 1.22. The van der Waals surface area contributed by atoms with Gasteiger partial charge in [-0.1, -0.05) is 13.3 Å². The number of hydrogen-bond acceptors (Lipinski definition) is 3. The van der Waals surface area contributed by atoms with E-state index in [0.717, 1.165) is 31.0 Å². The first kappa shape index (κ1) is 12.1. The first-order valence-electron chi connectivity index (χ1n) is 6.06. The monoisotopic (exact) mass is 331 g/mol. The van der Waals surface area contributed by atoms with Crippen LogP contribution in [0.25, 0.3) is 0 Å². The number of aromatic nitrogens is 2. The van der Waals surface area contributed by atoms with Crippen LogP contribution in [0.2, 0.25) is 0 Å². The fourth-order valence-corrected chi connectivity index (χ4v) is 2.43. The minimum absolute atomic E-state index is 0.630. The SMILES string of the molecule is CCCc1nc(C2CC2)nc(NCC)c1I. The van der Waals surface area contributed by atoms with E-state index in [2.05, 4.69) is 46.7 Å². The Morgan fingerprint density at radius 2 is 2.06 bits per heavy atom. The van der Waals surface area contributed by atoms with Crippen LogP contribution in [0.4, 0.5) is 5.82 Å². The van der Waals surface area contributed by atoms with Crippen LogP contribution in [0.15, 0.2) is 0 Å². The first-order valence-corrected chi connectivity index (χ1v) is 7.14. The van der Waals surface area contributed by atoms with E-state index in [1.54, 1.807) is 0 Å². The fourth-order valence-electron chi connectivity index (χ4n) is 1.72. The molecule has 1 aromatic rings. The molecule has 1 heterocycles. The topological polar surface area (TPSA) is 37.8 Å². The van der Waals surface area contributed by atoms with Gasteiger partial charge in [-0.15, -0.1) is 0 Å². The maximum absolute atomic E-state index is 4.71. The average Bonchev–Trinajstić information content (AvgIpc) is 3.08. The van der Waals surface area contributed by atoms with E-state index >= 15 is 0 Å². The van der Waals surface area contributed by atoms with Gasteiger partial charge in [-0.3, -0.25) is 0 Å². The van der Waals surface area contributed by atoms with E-state index in [1.165, 1.54) is 22.1 Å². The van der Waals surface area contributed by atoms with Crippen LogP contribution in [0.3, 0.4) is 0 Å². The van der Waals surface area contributed by atoms with Gasteiger partial charge in [-0.05, 0) is 48.8 Å². The molecular weight excluding hydrogens is 313 g/mol. The number of nitrogens with one attached hydrogen (secondary N) is 1. The van der Waals surface area contributed by atoms with E-state index in [0.29, 0.717) is 5.92 Å². The third kappa shape index (κ3) is 2.64. The fraction of sp³-hybridized carbons (Fsp3) is 0.667. The molecule has 88 valence electrons. The zero-order chi connectivity index (χ0) is 11.5. The molecule has 16 heavy (non-hydrogen) atoms. The Balaban J connectivity index is 2.34. The molecule has 0 saturated heterocycles.